The minimum absolute atomic E-state index is 0.0305. The van der Waals surface area contributed by atoms with Crippen molar-refractivity contribution < 1.29 is 14.4 Å². The van der Waals surface area contributed by atoms with Crippen molar-refractivity contribution in [2.24, 2.45) is 5.10 Å². The number of benzene rings is 3. The lowest BCUT2D eigenvalue weighted by atomic mass is 10.1. The molecule has 3 aromatic rings. The molecule has 160 valence electrons. The molecule has 0 saturated heterocycles. The van der Waals surface area contributed by atoms with Gasteiger partial charge in [0.25, 0.3) is 0 Å². The van der Waals surface area contributed by atoms with Crippen molar-refractivity contribution in [2.45, 2.75) is 13.5 Å². The van der Waals surface area contributed by atoms with Gasteiger partial charge in [0.2, 0.25) is 5.75 Å². The fourth-order valence-corrected chi connectivity index (χ4v) is 3.13. The molecular weight excluding hydrogens is 441 g/mol. The smallest absolute Gasteiger partial charge is 0.315 e. The number of nitro groups is 1. The molecule has 3 aromatic carbocycles. The third kappa shape index (κ3) is 5.87. The fraction of sp³-hybridized carbons (Fsp3) is 0.136. The Morgan fingerprint density at radius 2 is 1.97 bits per heavy atom. The van der Waals surface area contributed by atoms with E-state index >= 15 is 0 Å². The molecule has 9 heteroatoms. The summed E-state index contributed by atoms with van der Waals surface area (Å²) < 4.78 is 11.0. The van der Waals surface area contributed by atoms with Crippen LogP contribution < -0.4 is 14.9 Å². The van der Waals surface area contributed by atoms with Crippen molar-refractivity contribution in [1.82, 2.24) is 0 Å². The zero-order chi connectivity index (χ0) is 22.4. The Labute approximate surface area is 189 Å². The molecule has 0 amide bonds. The molecule has 1 N–H and O–H groups in total. The largest absolute Gasteiger partial charge is 0.493 e. The van der Waals surface area contributed by atoms with Crippen LogP contribution in [0, 0.1) is 17.0 Å². The van der Waals surface area contributed by atoms with Gasteiger partial charge in [-0.05, 0) is 48.4 Å². The van der Waals surface area contributed by atoms with E-state index in [0.29, 0.717) is 21.3 Å². The highest BCUT2D eigenvalue weighted by Crippen LogP contribution is 2.38. The summed E-state index contributed by atoms with van der Waals surface area (Å²) in [6.07, 6.45) is 1.45. The predicted molar refractivity (Wildman–Crippen MR) is 123 cm³/mol. The third-order valence-corrected chi connectivity index (χ3v) is 4.97. The summed E-state index contributed by atoms with van der Waals surface area (Å²) in [4.78, 5) is 11.1. The summed E-state index contributed by atoms with van der Waals surface area (Å²) in [5.41, 5.74) is 5.48. The average molecular weight is 460 g/mol. The maximum absolute atomic E-state index is 11.6. The summed E-state index contributed by atoms with van der Waals surface area (Å²) in [5, 5.41) is 16.9. The Morgan fingerprint density at radius 1 is 1.16 bits per heavy atom. The zero-order valence-electron chi connectivity index (χ0n) is 16.8. The monoisotopic (exact) mass is 459 g/mol. The topological polar surface area (TPSA) is 86.0 Å². The molecule has 3 rings (SSSR count). The van der Waals surface area contributed by atoms with Gasteiger partial charge in [-0.25, -0.2) is 0 Å². The molecule has 0 aromatic heterocycles. The van der Waals surface area contributed by atoms with Crippen LogP contribution in [-0.4, -0.2) is 18.2 Å². The molecule has 0 radical (unpaired) electrons. The van der Waals surface area contributed by atoms with Gasteiger partial charge in [-0.1, -0.05) is 41.4 Å². The number of hydrogen-bond donors (Lipinski definition) is 1. The molecular formula is C22H19Cl2N3O4. The van der Waals surface area contributed by atoms with E-state index in [1.807, 2.05) is 25.1 Å². The van der Waals surface area contributed by atoms with Gasteiger partial charge in [-0.2, -0.15) is 5.10 Å². The average Bonchev–Trinajstić information content (AvgIpc) is 2.74. The molecule has 0 fully saturated rings. The summed E-state index contributed by atoms with van der Waals surface area (Å²) in [6.45, 7) is 2.00. The number of hydrogen-bond acceptors (Lipinski definition) is 6. The molecule has 0 aliphatic carbocycles. The lowest BCUT2D eigenvalue weighted by Gasteiger charge is -2.12. The number of nitrogens with zero attached hydrogens (tertiary/aromatic N) is 2. The number of anilines is 1. The first-order valence-electron chi connectivity index (χ1n) is 9.16. The Bertz CT molecular complexity index is 1140. The molecule has 0 bridgehead atoms. The van der Waals surface area contributed by atoms with Gasteiger partial charge < -0.3 is 9.47 Å². The van der Waals surface area contributed by atoms with Crippen molar-refractivity contribution in [2.75, 3.05) is 12.5 Å². The number of rotatable bonds is 8. The Hall–Kier alpha value is -3.29. The van der Waals surface area contributed by atoms with E-state index in [1.54, 1.807) is 30.3 Å². The third-order valence-electron chi connectivity index (χ3n) is 4.33. The Kier molecular flexibility index (Phi) is 7.33. The standard InChI is InChI=1S/C22H19Cl2N3O4/c1-14-6-7-18(11-19(14)24)26-25-12-16-9-20(27(28)29)22(21(10-16)30-2)31-13-15-4-3-5-17(23)8-15/h3-12,26H,13H2,1-2H3. The van der Waals surface area contributed by atoms with Gasteiger partial charge in [0.1, 0.15) is 6.61 Å². The van der Waals surface area contributed by atoms with Crippen molar-refractivity contribution in [1.29, 1.82) is 0 Å². The zero-order valence-corrected chi connectivity index (χ0v) is 18.3. The summed E-state index contributed by atoms with van der Waals surface area (Å²) in [7, 11) is 1.42. The number of nitro benzene ring substituents is 1. The number of halogens is 2. The second-order valence-corrected chi connectivity index (χ2v) is 7.42. The van der Waals surface area contributed by atoms with Gasteiger partial charge in [0, 0.05) is 21.7 Å². The first kappa shape index (κ1) is 22.4. The van der Waals surface area contributed by atoms with Gasteiger partial charge in [-0.15, -0.1) is 0 Å². The van der Waals surface area contributed by atoms with Gasteiger partial charge in [0.05, 0.1) is 23.9 Å². The fourth-order valence-electron chi connectivity index (χ4n) is 2.74. The van der Waals surface area contributed by atoms with Gasteiger partial charge in [0.15, 0.2) is 5.75 Å². The Balaban J connectivity index is 1.83. The SMILES string of the molecule is COc1cc(C=NNc2ccc(C)c(Cl)c2)cc([N+](=O)[O-])c1OCc1cccc(Cl)c1. The van der Waals surface area contributed by atoms with Crippen LogP contribution in [-0.2, 0) is 6.61 Å². The molecule has 0 atom stereocenters. The molecule has 0 aliphatic rings. The van der Waals surface area contributed by atoms with Crippen LogP contribution in [0.25, 0.3) is 0 Å². The molecule has 0 aliphatic heterocycles. The number of ether oxygens (including phenoxy) is 2. The van der Waals surface area contributed by atoms with Crippen LogP contribution in [0.4, 0.5) is 11.4 Å². The summed E-state index contributed by atoms with van der Waals surface area (Å²) in [6, 6.07) is 15.5. The maximum atomic E-state index is 11.6. The van der Waals surface area contributed by atoms with E-state index in [-0.39, 0.29) is 23.8 Å². The highest BCUT2D eigenvalue weighted by molar-refractivity contribution is 6.31. The van der Waals surface area contributed by atoms with Crippen LogP contribution in [0.1, 0.15) is 16.7 Å². The number of methoxy groups -OCH3 is 1. The quantitative estimate of drug-likeness (QED) is 0.244. The van der Waals surface area contributed by atoms with Crippen LogP contribution in [0.15, 0.2) is 59.7 Å². The summed E-state index contributed by atoms with van der Waals surface area (Å²) >= 11 is 12.1. The van der Waals surface area contributed by atoms with Crippen molar-refractivity contribution in [3.05, 3.63) is 91.4 Å². The normalized spacial score (nSPS) is 10.8. The molecule has 0 spiro atoms. The van der Waals surface area contributed by atoms with E-state index in [1.165, 1.54) is 19.4 Å². The number of nitrogens with one attached hydrogen (secondary N) is 1. The molecule has 7 nitrogen and oxygen atoms in total. The van der Waals surface area contributed by atoms with Crippen LogP contribution in [0.3, 0.4) is 0 Å². The van der Waals surface area contributed by atoms with Crippen molar-refractivity contribution in [3.63, 3.8) is 0 Å². The molecule has 0 heterocycles. The van der Waals surface area contributed by atoms with Crippen molar-refractivity contribution >= 4 is 40.8 Å². The van der Waals surface area contributed by atoms with E-state index in [2.05, 4.69) is 10.5 Å². The van der Waals surface area contributed by atoms with E-state index in [4.69, 9.17) is 32.7 Å². The molecule has 0 unspecified atom stereocenters. The Morgan fingerprint density at radius 3 is 2.65 bits per heavy atom. The van der Waals surface area contributed by atoms with Crippen LogP contribution >= 0.6 is 23.2 Å². The molecule has 31 heavy (non-hydrogen) atoms. The van der Waals surface area contributed by atoms with E-state index in [9.17, 15) is 10.1 Å². The summed E-state index contributed by atoms with van der Waals surface area (Å²) in [5.74, 6) is 0.249. The van der Waals surface area contributed by atoms with Gasteiger partial charge in [-0.3, -0.25) is 15.5 Å². The second-order valence-electron chi connectivity index (χ2n) is 6.58. The number of aryl methyl sites for hydroxylation is 1. The minimum atomic E-state index is -0.527. The lowest BCUT2D eigenvalue weighted by Crippen LogP contribution is -2.03. The van der Waals surface area contributed by atoms with E-state index in [0.717, 1.165) is 11.1 Å². The van der Waals surface area contributed by atoms with Crippen molar-refractivity contribution in [3.8, 4) is 11.5 Å². The lowest BCUT2D eigenvalue weighted by molar-refractivity contribution is -0.386. The first-order valence-corrected chi connectivity index (χ1v) is 9.92. The second kappa shape index (κ2) is 10.1. The highest BCUT2D eigenvalue weighted by Gasteiger charge is 2.22. The van der Waals surface area contributed by atoms with E-state index < -0.39 is 4.92 Å². The minimum Gasteiger partial charge on any atom is -0.493 e. The highest BCUT2D eigenvalue weighted by atomic mass is 35.5. The maximum Gasteiger partial charge on any atom is 0.315 e. The first-order chi connectivity index (χ1) is 14.9. The van der Waals surface area contributed by atoms with Crippen LogP contribution in [0.2, 0.25) is 10.0 Å². The van der Waals surface area contributed by atoms with Gasteiger partial charge >= 0.3 is 5.69 Å². The van der Waals surface area contributed by atoms with Crippen LogP contribution in [0.5, 0.6) is 11.5 Å². The molecule has 0 saturated carbocycles. The number of hydrazone groups is 1. The predicted octanol–water partition coefficient (Wildman–Crippen LogP) is 6.24.